The molecule has 0 fully saturated rings. The van der Waals surface area contributed by atoms with Crippen molar-refractivity contribution < 1.29 is 5.11 Å². The molecule has 0 aliphatic rings. The number of unbranched alkanes of at least 4 members (excludes halogenated alkanes) is 1. The first-order chi connectivity index (χ1) is 4.06. The predicted octanol–water partition coefficient (Wildman–Crippen LogP) is 2.01. The molecule has 0 spiro atoms. The van der Waals surface area contributed by atoms with Gasteiger partial charge in [-0.3, -0.25) is 0 Å². The van der Waals surface area contributed by atoms with Crippen LogP contribution in [0.15, 0.2) is 0 Å². The van der Waals surface area contributed by atoms with Crippen molar-refractivity contribution in [3.05, 3.63) is 6.42 Å². The van der Waals surface area contributed by atoms with Crippen molar-refractivity contribution in [1.82, 2.24) is 0 Å². The molecule has 1 radical (unpaired) electrons. The summed E-state index contributed by atoms with van der Waals surface area (Å²) < 4.78 is 0. The fourth-order valence-electron chi connectivity index (χ4n) is 0.626. The zero-order valence-corrected chi connectivity index (χ0v) is 6.65. The maximum absolute atomic E-state index is 8.44. The standard InChI is InChI=1S/C8H17O/c1-8(2,3)6-4-5-7-9/h6,9H,4-5,7H2,1-3H3. The average Bonchev–Trinajstić information content (AvgIpc) is 1.63. The summed E-state index contributed by atoms with van der Waals surface area (Å²) >= 11 is 0. The van der Waals surface area contributed by atoms with Crippen LogP contribution in [0, 0.1) is 11.8 Å². The van der Waals surface area contributed by atoms with Gasteiger partial charge in [-0.25, -0.2) is 0 Å². The molecule has 55 valence electrons. The third-order valence-electron chi connectivity index (χ3n) is 1.12. The van der Waals surface area contributed by atoms with Crippen LogP contribution < -0.4 is 0 Å². The Morgan fingerprint density at radius 1 is 1.33 bits per heavy atom. The van der Waals surface area contributed by atoms with Gasteiger partial charge in [-0.1, -0.05) is 20.8 Å². The summed E-state index contributed by atoms with van der Waals surface area (Å²) in [6.45, 7) is 6.83. The summed E-state index contributed by atoms with van der Waals surface area (Å²) in [5, 5.41) is 8.44. The number of hydrogen-bond donors (Lipinski definition) is 1. The molecule has 0 saturated heterocycles. The van der Waals surface area contributed by atoms with Gasteiger partial charge in [0.1, 0.15) is 0 Å². The second kappa shape index (κ2) is 3.89. The summed E-state index contributed by atoms with van der Waals surface area (Å²) in [6, 6.07) is 0. The minimum Gasteiger partial charge on any atom is -0.396 e. The molecule has 1 nitrogen and oxygen atoms in total. The molecule has 0 bridgehead atoms. The fraction of sp³-hybridized carbons (Fsp3) is 0.875. The van der Waals surface area contributed by atoms with Crippen molar-refractivity contribution in [2.45, 2.75) is 33.6 Å². The third kappa shape index (κ3) is 7.96. The van der Waals surface area contributed by atoms with E-state index in [-0.39, 0.29) is 0 Å². The van der Waals surface area contributed by atoms with Crippen LogP contribution in [0.4, 0.5) is 0 Å². The van der Waals surface area contributed by atoms with Crippen LogP contribution in [0.3, 0.4) is 0 Å². The summed E-state index contributed by atoms with van der Waals surface area (Å²) in [7, 11) is 0. The predicted molar refractivity (Wildman–Crippen MR) is 40.1 cm³/mol. The molecule has 1 N–H and O–H groups in total. The Morgan fingerprint density at radius 3 is 2.22 bits per heavy atom. The minimum atomic E-state index is 0.312. The van der Waals surface area contributed by atoms with E-state index in [1.807, 2.05) is 0 Å². The Hall–Kier alpha value is -0.0400. The van der Waals surface area contributed by atoms with E-state index in [2.05, 4.69) is 27.2 Å². The summed E-state index contributed by atoms with van der Waals surface area (Å²) in [5.74, 6) is 0. The molecular weight excluding hydrogens is 112 g/mol. The third-order valence-corrected chi connectivity index (χ3v) is 1.12. The zero-order chi connectivity index (χ0) is 7.33. The highest BCUT2D eigenvalue weighted by molar-refractivity contribution is 4.79. The van der Waals surface area contributed by atoms with Crippen LogP contribution >= 0.6 is 0 Å². The first kappa shape index (κ1) is 8.96. The van der Waals surface area contributed by atoms with E-state index >= 15 is 0 Å². The van der Waals surface area contributed by atoms with E-state index in [4.69, 9.17) is 5.11 Å². The van der Waals surface area contributed by atoms with Gasteiger partial charge in [0.2, 0.25) is 0 Å². The van der Waals surface area contributed by atoms with E-state index in [1.165, 1.54) is 0 Å². The highest BCUT2D eigenvalue weighted by Gasteiger charge is 2.08. The van der Waals surface area contributed by atoms with Crippen molar-refractivity contribution in [1.29, 1.82) is 0 Å². The van der Waals surface area contributed by atoms with Crippen molar-refractivity contribution in [2.24, 2.45) is 5.41 Å². The lowest BCUT2D eigenvalue weighted by molar-refractivity contribution is 0.283. The highest BCUT2D eigenvalue weighted by Crippen LogP contribution is 2.19. The Bertz CT molecular complexity index is 61.5. The summed E-state index contributed by atoms with van der Waals surface area (Å²) in [5.41, 5.74) is 0.315. The smallest absolute Gasteiger partial charge is 0.0431 e. The molecule has 0 amide bonds. The zero-order valence-electron chi connectivity index (χ0n) is 6.65. The van der Waals surface area contributed by atoms with Gasteiger partial charge in [0.15, 0.2) is 0 Å². The normalized spacial score (nSPS) is 12.0. The van der Waals surface area contributed by atoms with Gasteiger partial charge in [-0.2, -0.15) is 0 Å². The van der Waals surface area contributed by atoms with Crippen LogP contribution in [-0.2, 0) is 0 Å². The highest BCUT2D eigenvalue weighted by atomic mass is 16.2. The number of rotatable bonds is 3. The first-order valence-electron chi connectivity index (χ1n) is 3.51. The number of aliphatic hydroxyl groups is 1. The quantitative estimate of drug-likeness (QED) is 0.578. The van der Waals surface area contributed by atoms with Gasteiger partial charge in [0.25, 0.3) is 0 Å². The van der Waals surface area contributed by atoms with Gasteiger partial charge >= 0.3 is 0 Å². The molecule has 0 aliphatic carbocycles. The second-order valence-corrected chi connectivity index (χ2v) is 3.44. The molecule has 0 saturated carbocycles. The Kier molecular flexibility index (Phi) is 3.87. The molecular formula is C8H17O. The van der Waals surface area contributed by atoms with Crippen LogP contribution in [0.5, 0.6) is 0 Å². The number of aliphatic hydroxyl groups excluding tert-OH is 1. The monoisotopic (exact) mass is 129 g/mol. The fourth-order valence-corrected chi connectivity index (χ4v) is 0.626. The summed E-state index contributed by atoms with van der Waals surface area (Å²) in [4.78, 5) is 0. The van der Waals surface area contributed by atoms with Crippen molar-refractivity contribution in [2.75, 3.05) is 6.61 Å². The van der Waals surface area contributed by atoms with Crippen LogP contribution in [0.25, 0.3) is 0 Å². The lowest BCUT2D eigenvalue weighted by Gasteiger charge is -2.16. The molecule has 0 unspecified atom stereocenters. The second-order valence-electron chi connectivity index (χ2n) is 3.44. The average molecular weight is 129 g/mol. The van der Waals surface area contributed by atoms with Crippen molar-refractivity contribution in [3.8, 4) is 0 Å². The number of hydrogen-bond acceptors (Lipinski definition) is 1. The molecule has 0 aromatic rings. The van der Waals surface area contributed by atoms with Crippen LogP contribution in [0.1, 0.15) is 33.6 Å². The van der Waals surface area contributed by atoms with Crippen molar-refractivity contribution >= 4 is 0 Å². The van der Waals surface area contributed by atoms with Crippen LogP contribution in [-0.4, -0.2) is 11.7 Å². The Labute approximate surface area is 58.1 Å². The minimum absolute atomic E-state index is 0.312. The maximum atomic E-state index is 8.44. The lowest BCUT2D eigenvalue weighted by atomic mass is 9.90. The molecule has 9 heavy (non-hydrogen) atoms. The summed E-state index contributed by atoms with van der Waals surface area (Å²) in [6.07, 6.45) is 4.17. The van der Waals surface area contributed by atoms with E-state index < -0.39 is 0 Å². The first-order valence-corrected chi connectivity index (χ1v) is 3.51. The van der Waals surface area contributed by atoms with E-state index in [1.54, 1.807) is 0 Å². The van der Waals surface area contributed by atoms with E-state index in [9.17, 15) is 0 Å². The van der Waals surface area contributed by atoms with Gasteiger partial charge in [0.05, 0.1) is 0 Å². The maximum Gasteiger partial charge on any atom is 0.0431 e. The molecule has 0 aromatic carbocycles. The Morgan fingerprint density at radius 2 is 1.89 bits per heavy atom. The topological polar surface area (TPSA) is 20.2 Å². The molecule has 0 rings (SSSR count). The molecule has 0 heterocycles. The van der Waals surface area contributed by atoms with Crippen LogP contribution in [0.2, 0.25) is 0 Å². The van der Waals surface area contributed by atoms with E-state index in [0.717, 1.165) is 12.8 Å². The molecule has 0 aromatic heterocycles. The SMILES string of the molecule is CC(C)(C)[CH]CCCO. The van der Waals surface area contributed by atoms with E-state index in [0.29, 0.717) is 12.0 Å². The van der Waals surface area contributed by atoms with Gasteiger partial charge in [0, 0.05) is 6.61 Å². The van der Waals surface area contributed by atoms with Crippen molar-refractivity contribution in [3.63, 3.8) is 0 Å². The lowest BCUT2D eigenvalue weighted by Crippen LogP contribution is -2.05. The molecule has 0 aliphatic heterocycles. The molecule has 1 heteroatoms. The molecule has 0 atom stereocenters. The van der Waals surface area contributed by atoms with Gasteiger partial charge in [-0.15, -0.1) is 0 Å². The van der Waals surface area contributed by atoms with Gasteiger partial charge in [-0.05, 0) is 24.7 Å². The van der Waals surface area contributed by atoms with Gasteiger partial charge < -0.3 is 5.11 Å². The largest absolute Gasteiger partial charge is 0.396 e. The Balaban J connectivity index is 3.07.